The van der Waals surface area contributed by atoms with Crippen LogP contribution in [0.4, 0.5) is 10.5 Å². The molecule has 0 aromatic heterocycles. The molecule has 1 fully saturated rings. The lowest BCUT2D eigenvalue weighted by atomic mass is 10.2. The van der Waals surface area contributed by atoms with Gasteiger partial charge in [-0.15, -0.1) is 0 Å². The number of halogens is 1. The molecule has 1 aliphatic rings. The minimum Gasteiger partial charge on any atom is -0.478 e. The second-order valence-corrected chi connectivity index (χ2v) is 5.91. The minimum atomic E-state index is -1.04. The number of anilines is 1. The number of hydrogen-bond acceptors (Lipinski definition) is 3. The van der Waals surface area contributed by atoms with Crippen molar-refractivity contribution < 1.29 is 14.7 Å². The molecule has 6 nitrogen and oxygen atoms in total. The Kier molecular flexibility index (Phi) is 5.58. The lowest BCUT2D eigenvalue weighted by molar-refractivity contribution is 0.0697. The van der Waals surface area contributed by atoms with Gasteiger partial charge in [-0.05, 0) is 44.0 Å². The summed E-state index contributed by atoms with van der Waals surface area (Å²) in [6, 6.07) is 4.89. The summed E-state index contributed by atoms with van der Waals surface area (Å²) in [6.07, 6.45) is 3.37. The molecule has 0 atom stereocenters. The van der Waals surface area contributed by atoms with Crippen LogP contribution in [-0.2, 0) is 0 Å². The monoisotopic (exact) mass is 355 g/mol. The van der Waals surface area contributed by atoms with E-state index in [1.165, 1.54) is 25.0 Å². The average Bonchev–Trinajstić information content (AvgIpc) is 3.21. The fraction of sp³-hybridized carbons (Fsp3) is 0.429. The van der Waals surface area contributed by atoms with Crippen molar-refractivity contribution in [1.82, 2.24) is 10.6 Å². The molecule has 0 aliphatic heterocycles. The molecule has 0 spiro atoms. The Balaban J connectivity index is 1.74. The first kappa shape index (κ1) is 15.8. The number of aromatic carboxylic acids is 1. The van der Waals surface area contributed by atoms with E-state index in [4.69, 9.17) is 5.11 Å². The van der Waals surface area contributed by atoms with Crippen LogP contribution in [0.15, 0.2) is 22.7 Å². The third-order valence-electron chi connectivity index (χ3n) is 3.05. The largest absolute Gasteiger partial charge is 0.478 e. The summed E-state index contributed by atoms with van der Waals surface area (Å²) in [5.41, 5.74) is 0.559. The second-order valence-electron chi connectivity index (χ2n) is 5.00. The molecule has 0 unspecified atom stereocenters. The van der Waals surface area contributed by atoms with Gasteiger partial charge in [0.25, 0.3) is 0 Å². The molecule has 0 bridgehead atoms. The molecule has 2 rings (SSSR count). The number of carboxylic acid groups (broad SMARTS) is 1. The number of carbonyl (C=O) groups excluding carboxylic acids is 1. The number of rotatable bonds is 7. The minimum absolute atomic E-state index is 0.119. The molecule has 1 aromatic carbocycles. The number of urea groups is 1. The van der Waals surface area contributed by atoms with E-state index in [1.807, 2.05) is 0 Å². The van der Waals surface area contributed by atoms with E-state index in [0.717, 1.165) is 13.0 Å². The SMILES string of the molecule is O=C(NCCCNC1CC1)Nc1cc(Br)cc(C(=O)O)c1. The molecule has 1 aliphatic carbocycles. The van der Waals surface area contributed by atoms with Gasteiger partial charge >= 0.3 is 12.0 Å². The Hall–Kier alpha value is -1.60. The highest BCUT2D eigenvalue weighted by Gasteiger charge is 2.19. The van der Waals surface area contributed by atoms with E-state index in [1.54, 1.807) is 6.07 Å². The molecule has 21 heavy (non-hydrogen) atoms. The molecule has 114 valence electrons. The van der Waals surface area contributed by atoms with Crippen LogP contribution in [0.1, 0.15) is 29.6 Å². The van der Waals surface area contributed by atoms with Gasteiger partial charge in [0.2, 0.25) is 0 Å². The molecule has 1 saturated carbocycles. The third kappa shape index (κ3) is 5.73. The maximum atomic E-state index is 11.7. The van der Waals surface area contributed by atoms with Crippen molar-refractivity contribution in [3.05, 3.63) is 28.2 Å². The molecule has 4 N–H and O–H groups in total. The summed E-state index contributed by atoms with van der Waals surface area (Å²) in [5, 5.41) is 17.7. The van der Waals surface area contributed by atoms with Crippen molar-refractivity contribution in [2.45, 2.75) is 25.3 Å². The molecule has 0 saturated heterocycles. The van der Waals surface area contributed by atoms with Crippen LogP contribution < -0.4 is 16.0 Å². The Morgan fingerprint density at radius 1 is 1.24 bits per heavy atom. The standard InChI is InChI=1S/C14H18BrN3O3/c15-10-6-9(13(19)20)7-12(8-10)18-14(21)17-5-1-4-16-11-2-3-11/h6-8,11,16H,1-5H2,(H,19,20)(H2,17,18,21). The number of carboxylic acids is 1. The maximum Gasteiger partial charge on any atom is 0.335 e. The molecule has 7 heteroatoms. The number of carbonyl (C=O) groups is 2. The molecule has 2 amide bonds. The summed E-state index contributed by atoms with van der Waals surface area (Å²) in [4.78, 5) is 22.6. The van der Waals surface area contributed by atoms with Gasteiger partial charge in [-0.25, -0.2) is 9.59 Å². The van der Waals surface area contributed by atoms with Crippen molar-refractivity contribution >= 4 is 33.6 Å². The molecule has 1 aromatic rings. The van der Waals surface area contributed by atoms with E-state index < -0.39 is 5.97 Å². The van der Waals surface area contributed by atoms with E-state index in [9.17, 15) is 9.59 Å². The summed E-state index contributed by atoms with van der Waals surface area (Å²) in [6.45, 7) is 1.47. The fourth-order valence-electron chi connectivity index (χ4n) is 1.84. The van der Waals surface area contributed by atoms with Crippen LogP contribution in [0.25, 0.3) is 0 Å². The smallest absolute Gasteiger partial charge is 0.335 e. The van der Waals surface area contributed by atoms with E-state index in [-0.39, 0.29) is 11.6 Å². The van der Waals surface area contributed by atoms with Crippen LogP contribution in [0, 0.1) is 0 Å². The molecule has 0 heterocycles. The number of benzene rings is 1. The zero-order valence-electron chi connectivity index (χ0n) is 11.5. The van der Waals surface area contributed by atoms with Crippen molar-refractivity contribution in [1.29, 1.82) is 0 Å². The summed E-state index contributed by atoms with van der Waals surface area (Å²) in [5.74, 6) is -1.04. The van der Waals surface area contributed by atoms with Gasteiger partial charge in [-0.1, -0.05) is 15.9 Å². The van der Waals surface area contributed by atoms with Crippen molar-refractivity contribution in [2.75, 3.05) is 18.4 Å². The Morgan fingerprint density at radius 3 is 2.67 bits per heavy atom. The van der Waals surface area contributed by atoms with Crippen molar-refractivity contribution in [3.63, 3.8) is 0 Å². The van der Waals surface area contributed by atoms with E-state index in [0.29, 0.717) is 22.7 Å². The van der Waals surface area contributed by atoms with E-state index in [2.05, 4.69) is 31.9 Å². The zero-order chi connectivity index (χ0) is 15.2. The van der Waals surface area contributed by atoms with Crippen LogP contribution in [-0.4, -0.2) is 36.2 Å². The second kappa shape index (κ2) is 7.42. The highest BCUT2D eigenvalue weighted by atomic mass is 79.9. The zero-order valence-corrected chi connectivity index (χ0v) is 13.1. The van der Waals surface area contributed by atoms with Gasteiger partial charge in [-0.3, -0.25) is 0 Å². The quantitative estimate of drug-likeness (QED) is 0.565. The summed E-state index contributed by atoms with van der Waals surface area (Å²) >= 11 is 3.22. The van der Waals surface area contributed by atoms with Gasteiger partial charge in [-0.2, -0.15) is 0 Å². The van der Waals surface area contributed by atoms with Crippen molar-refractivity contribution in [3.8, 4) is 0 Å². The van der Waals surface area contributed by atoms with Gasteiger partial charge in [0.05, 0.1) is 5.56 Å². The van der Waals surface area contributed by atoms with Crippen molar-refractivity contribution in [2.24, 2.45) is 0 Å². The van der Waals surface area contributed by atoms with Gasteiger partial charge < -0.3 is 21.1 Å². The first-order valence-electron chi connectivity index (χ1n) is 6.87. The summed E-state index contributed by atoms with van der Waals surface area (Å²) in [7, 11) is 0. The normalized spacial score (nSPS) is 13.8. The average molecular weight is 356 g/mol. The predicted octanol–water partition coefficient (Wildman–Crippen LogP) is 2.41. The third-order valence-corrected chi connectivity index (χ3v) is 3.51. The molecular weight excluding hydrogens is 338 g/mol. The summed E-state index contributed by atoms with van der Waals surface area (Å²) < 4.78 is 0.603. The number of amides is 2. The van der Waals surface area contributed by atoms with Gasteiger partial charge in [0.1, 0.15) is 0 Å². The van der Waals surface area contributed by atoms with Crippen LogP contribution >= 0.6 is 15.9 Å². The maximum absolute atomic E-state index is 11.7. The van der Waals surface area contributed by atoms with Crippen LogP contribution in [0.5, 0.6) is 0 Å². The Labute approximate surface area is 131 Å². The predicted molar refractivity (Wildman–Crippen MR) is 83.8 cm³/mol. The number of nitrogens with one attached hydrogen (secondary N) is 3. The number of hydrogen-bond donors (Lipinski definition) is 4. The first-order valence-corrected chi connectivity index (χ1v) is 7.66. The topological polar surface area (TPSA) is 90.5 Å². The van der Waals surface area contributed by atoms with Gasteiger partial charge in [0, 0.05) is 22.7 Å². The van der Waals surface area contributed by atoms with E-state index >= 15 is 0 Å². The Bertz CT molecular complexity index is 532. The molecular formula is C14H18BrN3O3. The van der Waals surface area contributed by atoms with Crippen LogP contribution in [0.2, 0.25) is 0 Å². The van der Waals surface area contributed by atoms with Crippen LogP contribution in [0.3, 0.4) is 0 Å². The Morgan fingerprint density at radius 2 is 2.00 bits per heavy atom. The van der Waals surface area contributed by atoms with Gasteiger partial charge in [0.15, 0.2) is 0 Å². The lowest BCUT2D eigenvalue weighted by Crippen LogP contribution is -2.31. The highest BCUT2D eigenvalue weighted by Crippen LogP contribution is 2.20. The molecule has 0 radical (unpaired) electrons. The lowest BCUT2D eigenvalue weighted by Gasteiger charge is -2.09. The fourth-order valence-corrected chi connectivity index (χ4v) is 2.34. The highest BCUT2D eigenvalue weighted by molar-refractivity contribution is 9.10. The first-order chi connectivity index (χ1) is 10.0.